The Morgan fingerprint density at radius 3 is 0.907 bits per heavy atom. The number of para-hydroxylation sites is 4. The molecule has 0 saturated carbocycles. The molecular formula is C80H52N6. The first-order chi connectivity index (χ1) is 42.6. The topological polar surface area (TPSA) is 61.4 Å². The lowest BCUT2D eigenvalue weighted by atomic mass is 9.96. The lowest BCUT2D eigenvalue weighted by molar-refractivity contribution is 1.07. The van der Waals surface area contributed by atoms with Gasteiger partial charge < -0.3 is 9.13 Å². The van der Waals surface area contributed by atoms with Gasteiger partial charge in [-0.15, -0.1) is 0 Å². The third-order valence-electron chi connectivity index (χ3n) is 16.6. The highest BCUT2D eigenvalue weighted by atomic mass is 15.0. The molecule has 86 heavy (non-hydrogen) atoms. The molecule has 0 aliphatic heterocycles. The fourth-order valence-corrected chi connectivity index (χ4v) is 12.3. The second-order valence-electron chi connectivity index (χ2n) is 21.8. The lowest BCUT2D eigenvalue weighted by Gasteiger charge is -2.13. The van der Waals surface area contributed by atoms with E-state index in [2.05, 4.69) is 288 Å². The number of nitrogens with zero attached hydrogens (tertiary/aromatic N) is 6. The summed E-state index contributed by atoms with van der Waals surface area (Å²) in [7, 11) is 0. The Morgan fingerprint density at radius 2 is 0.465 bits per heavy atom. The number of fused-ring (bicyclic) bond motifs is 6. The van der Waals surface area contributed by atoms with Crippen molar-refractivity contribution in [3.05, 3.63) is 315 Å². The number of hydrogen-bond donors (Lipinski definition) is 0. The van der Waals surface area contributed by atoms with Gasteiger partial charge in [0.15, 0.2) is 17.5 Å². The fourth-order valence-electron chi connectivity index (χ4n) is 12.3. The first-order valence-electron chi connectivity index (χ1n) is 29.1. The van der Waals surface area contributed by atoms with Gasteiger partial charge in [-0.25, -0.2) is 19.9 Å². The Morgan fingerprint density at radius 1 is 0.174 bits per heavy atom. The molecule has 6 nitrogen and oxygen atoms in total. The van der Waals surface area contributed by atoms with Gasteiger partial charge in [-0.3, -0.25) is 0 Å². The molecule has 0 amide bonds. The highest BCUT2D eigenvalue weighted by Crippen LogP contribution is 2.38. The van der Waals surface area contributed by atoms with E-state index in [1.807, 2.05) is 36.4 Å². The molecule has 0 unspecified atom stereocenters. The summed E-state index contributed by atoms with van der Waals surface area (Å²) in [5, 5.41) is 5.02. The van der Waals surface area contributed by atoms with Crippen molar-refractivity contribution < 1.29 is 0 Å². The minimum atomic E-state index is 0.598. The van der Waals surface area contributed by atoms with E-state index in [0.717, 1.165) is 95.1 Å². The van der Waals surface area contributed by atoms with Gasteiger partial charge >= 0.3 is 0 Å². The van der Waals surface area contributed by atoms with Crippen LogP contribution in [0.4, 0.5) is 0 Å². The highest BCUT2D eigenvalue weighted by molar-refractivity contribution is 6.10. The molecule has 0 saturated heterocycles. The van der Waals surface area contributed by atoms with E-state index in [1.54, 1.807) is 0 Å². The predicted octanol–water partition coefficient (Wildman–Crippen LogP) is 20.5. The zero-order chi connectivity index (χ0) is 56.9. The Hall–Kier alpha value is -11.6. The smallest absolute Gasteiger partial charge is 0.164 e. The molecule has 0 fully saturated rings. The van der Waals surface area contributed by atoms with E-state index in [4.69, 9.17) is 19.9 Å². The molecule has 0 radical (unpaired) electrons. The zero-order valence-corrected chi connectivity index (χ0v) is 46.7. The third-order valence-corrected chi connectivity index (χ3v) is 16.6. The van der Waals surface area contributed by atoms with Crippen LogP contribution in [0.5, 0.6) is 0 Å². The van der Waals surface area contributed by atoms with E-state index in [9.17, 15) is 0 Å². The molecule has 16 aromatic rings. The van der Waals surface area contributed by atoms with Gasteiger partial charge in [0.25, 0.3) is 0 Å². The van der Waals surface area contributed by atoms with Crippen molar-refractivity contribution in [2.24, 2.45) is 0 Å². The first kappa shape index (κ1) is 50.2. The number of pyridine rings is 1. The van der Waals surface area contributed by atoms with E-state index in [1.165, 1.54) is 43.6 Å². The van der Waals surface area contributed by atoms with Crippen molar-refractivity contribution >= 4 is 43.6 Å². The Balaban J connectivity index is 0.694. The predicted molar refractivity (Wildman–Crippen MR) is 355 cm³/mol. The summed E-state index contributed by atoms with van der Waals surface area (Å²) < 4.78 is 4.71. The molecule has 0 bridgehead atoms. The van der Waals surface area contributed by atoms with E-state index in [-0.39, 0.29) is 0 Å². The average Bonchev–Trinajstić information content (AvgIpc) is 2.37. The summed E-state index contributed by atoms with van der Waals surface area (Å²) in [5.74, 6) is 1.82. The number of hydrogen-bond acceptors (Lipinski definition) is 4. The minimum absolute atomic E-state index is 0.598. The summed E-state index contributed by atoms with van der Waals surface area (Å²) in [5.41, 5.74) is 22.5. The van der Waals surface area contributed by atoms with E-state index < -0.39 is 0 Å². The Labute approximate surface area is 498 Å². The standard InChI is InChI=1S/C80H52N6/c1-3-17-58(18-4-1)72-51-65(57-35-33-53(34-36-57)55-41-45-66(46-42-55)85-74-29-11-7-25-68(74)69-26-8-12-30-75(69)85)52-73(81-72)63-23-15-21-61(49-63)62-22-16-24-64(50-62)80-83-78(59-19-5-2-6-20-59)82-79(84-80)60-39-37-54(38-40-60)56-43-47-67(48-44-56)86-76-31-13-9-27-70(76)71-28-10-14-32-77(71)86/h1-52H. The number of benzene rings is 12. The van der Waals surface area contributed by atoms with Gasteiger partial charge in [-0.1, -0.05) is 243 Å². The third kappa shape index (κ3) is 9.19. The largest absolute Gasteiger partial charge is 0.309 e. The molecule has 402 valence electrons. The van der Waals surface area contributed by atoms with E-state index in [0.29, 0.717) is 17.5 Å². The maximum absolute atomic E-state index is 5.33. The van der Waals surface area contributed by atoms with Crippen molar-refractivity contribution in [1.82, 2.24) is 29.1 Å². The minimum Gasteiger partial charge on any atom is -0.309 e. The molecule has 0 aliphatic carbocycles. The molecule has 0 spiro atoms. The highest BCUT2D eigenvalue weighted by Gasteiger charge is 2.18. The Kier molecular flexibility index (Phi) is 12.4. The van der Waals surface area contributed by atoms with Gasteiger partial charge in [0.05, 0.1) is 33.5 Å². The maximum atomic E-state index is 5.33. The van der Waals surface area contributed by atoms with Crippen LogP contribution in [0.1, 0.15) is 0 Å². The summed E-state index contributed by atoms with van der Waals surface area (Å²) >= 11 is 0. The van der Waals surface area contributed by atoms with Gasteiger partial charge in [0, 0.05) is 60.7 Å². The van der Waals surface area contributed by atoms with Crippen LogP contribution in [0.3, 0.4) is 0 Å². The van der Waals surface area contributed by atoms with Gasteiger partial charge in [-0.2, -0.15) is 0 Å². The maximum Gasteiger partial charge on any atom is 0.164 e. The van der Waals surface area contributed by atoms with Crippen LogP contribution < -0.4 is 0 Å². The second-order valence-corrected chi connectivity index (χ2v) is 21.8. The molecular weight excluding hydrogens is 1040 g/mol. The molecule has 0 aliphatic rings. The second kappa shape index (κ2) is 21.3. The summed E-state index contributed by atoms with van der Waals surface area (Å²) in [6.07, 6.45) is 0. The van der Waals surface area contributed by atoms with Crippen molar-refractivity contribution in [2.75, 3.05) is 0 Å². The molecule has 0 N–H and O–H groups in total. The van der Waals surface area contributed by atoms with Gasteiger partial charge in [0.2, 0.25) is 0 Å². The van der Waals surface area contributed by atoms with Crippen molar-refractivity contribution in [2.45, 2.75) is 0 Å². The summed E-state index contributed by atoms with van der Waals surface area (Å²) in [4.78, 5) is 20.7. The molecule has 12 aromatic carbocycles. The first-order valence-corrected chi connectivity index (χ1v) is 29.1. The van der Waals surface area contributed by atoms with Crippen molar-refractivity contribution in [1.29, 1.82) is 0 Å². The van der Waals surface area contributed by atoms with Crippen LogP contribution in [0.15, 0.2) is 315 Å². The van der Waals surface area contributed by atoms with Crippen LogP contribution >= 0.6 is 0 Å². The summed E-state index contributed by atoms with van der Waals surface area (Å²) in [6.45, 7) is 0. The molecule has 6 heteroatoms. The van der Waals surface area contributed by atoms with Crippen LogP contribution in [-0.4, -0.2) is 29.1 Å². The molecule has 4 aromatic heterocycles. The summed E-state index contributed by atoms with van der Waals surface area (Å²) in [6, 6.07) is 112. The van der Waals surface area contributed by atoms with E-state index >= 15 is 0 Å². The zero-order valence-electron chi connectivity index (χ0n) is 46.7. The normalized spacial score (nSPS) is 11.5. The van der Waals surface area contributed by atoms with Crippen LogP contribution in [-0.2, 0) is 0 Å². The molecule has 0 atom stereocenters. The van der Waals surface area contributed by atoms with Crippen LogP contribution in [0.25, 0.3) is 156 Å². The average molecular weight is 1100 g/mol. The number of aromatic nitrogens is 6. The van der Waals surface area contributed by atoms with Crippen molar-refractivity contribution in [3.8, 4) is 113 Å². The van der Waals surface area contributed by atoms with Gasteiger partial charge in [0.1, 0.15) is 0 Å². The van der Waals surface area contributed by atoms with Gasteiger partial charge in [-0.05, 0) is 117 Å². The SMILES string of the molecule is c1ccc(-c2cc(-c3ccc(-c4ccc(-n5c6ccccc6c6ccccc65)cc4)cc3)cc(-c3cccc(-c4cccc(-c5nc(-c6ccccc6)nc(-c6ccc(-c7ccc(-n8c9ccccc9c9ccccc98)cc7)cc6)n5)c4)c3)n2)cc1. The fraction of sp³-hybridized carbons (Fsp3) is 0. The Bertz CT molecular complexity index is 4750. The monoisotopic (exact) mass is 1100 g/mol. The van der Waals surface area contributed by atoms with Crippen molar-refractivity contribution in [3.63, 3.8) is 0 Å². The molecule has 4 heterocycles. The number of rotatable bonds is 11. The lowest BCUT2D eigenvalue weighted by Crippen LogP contribution is -2.00. The van der Waals surface area contributed by atoms with Crippen LogP contribution in [0, 0.1) is 0 Å². The quantitative estimate of drug-likeness (QED) is 0.129. The molecule has 16 rings (SSSR count). The van der Waals surface area contributed by atoms with Crippen LogP contribution in [0.2, 0.25) is 0 Å².